The van der Waals surface area contributed by atoms with Gasteiger partial charge in [0, 0.05) is 33.0 Å². The number of alkyl halides is 2. The molecule has 1 N–H and O–H groups in total. The molecule has 2 atom stereocenters. The molecule has 0 spiro atoms. The summed E-state index contributed by atoms with van der Waals surface area (Å²) in [6.45, 7) is 1.47. The Morgan fingerprint density at radius 3 is 2.00 bits per heavy atom. The fourth-order valence-corrected chi connectivity index (χ4v) is 9.66. The van der Waals surface area contributed by atoms with Gasteiger partial charge in [-0.1, -0.05) is 45.2 Å². The quantitative estimate of drug-likeness (QED) is 0.371. The van der Waals surface area contributed by atoms with E-state index >= 15 is 0 Å². The van der Waals surface area contributed by atoms with E-state index in [-0.39, 0.29) is 12.8 Å². The molecular weight excluding hydrogens is 446 g/mol. The van der Waals surface area contributed by atoms with Gasteiger partial charge in [-0.05, 0) is 19.3 Å². The average Bonchev–Trinajstić information content (AvgIpc) is 1.87. The molecule has 0 heterocycles. The maximum absolute atomic E-state index is 11.3. The van der Waals surface area contributed by atoms with Crippen molar-refractivity contribution in [2.45, 2.75) is 63.5 Å². The van der Waals surface area contributed by atoms with E-state index in [1.54, 1.807) is 0 Å². The molecule has 4 fully saturated rings. The Morgan fingerprint density at radius 2 is 1.59 bits per heavy atom. The monoisotopic (exact) mass is 462 g/mol. The molecule has 4 aliphatic carbocycles. The minimum absolute atomic E-state index is 0.109. The van der Waals surface area contributed by atoms with Crippen LogP contribution in [0.15, 0.2) is 0 Å². The number of carbonyl (C=O) groups is 1. The van der Waals surface area contributed by atoms with Gasteiger partial charge in [-0.2, -0.15) is 0 Å². The maximum atomic E-state index is 11.3. The Labute approximate surface area is 128 Å². The van der Waals surface area contributed by atoms with Crippen molar-refractivity contribution in [1.82, 2.24) is 0 Å². The maximum Gasteiger partial charge on any atom is 0.303 e. The number of esters is 1. The summed E-state index contributed by atoms with van der Waals surface area (Å²) in [5, 5.41) is 10.7. The van der Waals surface area contributed by atoms with Crippen molar-refractivity contribution in [2.24, 2.45) is 0 Å². The molecule has 0 radical (unpaired) electrons. The van der Waals surface area contributed by atoms with Crippen molar-refractivity contribution in [3.05, 3.63) is 0 Å². The number of halogens is 2. The fraction of sp³-hybridized carbons (Fsp3) is 0.917. The van der Waals surface area contributed by atoms with E-state index in [9.17, 15) is 9.90 Å². The van der Waals surface area contributed by atoms with Crippen LogP contribution in [0, 0.1) is 0 Å². The van der Waals surface area contributed by atoms with E-state index in [0.29, 0.717) is 6.42 Å². The molecule has 4 aliphatic rings. The Hall–Kier alpha value is 0.890. The van der Waals surface area contributed by atoms with Gasteiger partial charge in [0.25, 0.3) is 0 Å². The SMILES string of the molecule is CC(=O)OC12CC3(O)CC(I)(CC(I)(C3)C1)C2. The Balaban J connectivity index is 2.01. The van der Waals surface area contributed by atoms with Crippen molar-refractivity contribution in [3.8, 4) is 0 Å². The second kappa shape index (κ2) is 3.50. The molecule has 4 saturated carbocycles. The van der Waals surface area contributed by atoms with Crippen LogP contribution in [0.1, 0.15) is 45.4 Å². The van der Waals surface area contributed by atoms with Crippen molar-refractivity contribution in [1.29, 1.82) is 0 Å². The summed E-state index contributed by atoms with van der Waals surface area (Å²) in [6.07, 6.45) is 5.30. The molecule has 0 saturated heterocycles. The molecule has 0 aromatic heterocycles. The largest absolute Gasteiger partial charge is 0.459 e. The van der Waals surface area contributed by atoms with Crippen LogP contribution in [0.5, 0.6) is 0 Å². The highest BCUT2D eigenvalue weighted by atomic mass is 127. The van der Waals surface area contributed by atoms with E-state index in [1.807, 2.05) is 0 Å². The van der Waals surface area contributed by atoms with Crippen LogP contribution in [0.2, 0.25) is 0 Å². The standard InChI is InChI=1S/C12H16I2O3/c1-8(15)17-12-5-9(13)2-10(14,6-12)4-11(16,3-9)7-12/h16H,2-7H2,1H3. The summed E-state index contributed by atoms with van der Waals surface area (Å²) in [6, 6.07) is 0. The first-order chi connectivity index (χ1) is 7.66. The Morgan fingerprint density at radius 1 is 1.06 bits per heavy atom. The topological polar surface area (TPSA) is 46.5 Å². The van der Waals surface area contributed by atoms with E-state index in [2.05, 4.69) is 45.2 Å². The zero-order chi connectivity index (χ0) is 12.5. The summed E-state index contributed by atoms with van der Waals surface area (Å²) in [7, 11) is 0. The highest BCUT2D eigenvalue weighted by Gasteiger charge is 2.68. The van der Waals surface area contributed by atoms with Crippen LogP contribution < -0.4 is 0 Å². The van der Waals surface area contributed by atoms with Gasteiger partial charge in [0.15, 0.2) is 0 Å². The summed E-state index contributed by atoms with van der Waals surface area (Å²) in [4.78, 5) is 11.3. The van der Waals surface area contributed by atoms with Crippen molar-refractivity contribution in [2.75, 3.05) is 0 Å². The first-order valence-corrected chi connectivity index (χ1v) is 8.11. The zero-order valence-electron chi connectivity index (χ0n) is 9.76. The lowest BCUT2D eigenvalue weighted by Gasteiger charge is -2.65. The molecule has 3 nitrogen and oxygen atoms in total. The fourth-order valence-electron chi connectivity index (χ4n) is 4.66. The van der Waals surface area contributed by atoms with Gasteiger partial charge < -0.3 is 9.84 Å². The minimum Gasteiger partial charge on any atom is -0.459 e. The highest BCUT2D eigenvalue weighted by Crippen LogP contribution is 2.67. The van der Waals surface area contributed by atoms with Gasteiger partial charge in [0.05, 0.1) is 5.60 Å². The van der Waals surface area contributed by atoms with Gasteiger partial charge in [-0.15, -0.1) is 0 Å². The van der Waals surface area contributed by atoms with Crippen LogP contribution >= 0.6 is 45.2 Å². The third-order valence-corrected chi connectivity index (χ3v) is 6.50. The van der Waals surface area contributed by atoms with Gasteiger partial charge in [-0.25, -0.2) is 0 Å². The van der Waals surface area contributed by atoms with Crippen molar-refractivity contribution >= 4 is 51.2 Å². The van der Waals surface area contributed by atoms with Gasteiger partial charge >= 0.3 is 5.97 Å². The van der Waals surface area contributed by atoms with Gasteiger partial charge in [-0.3, -0.25) is 4.79 Å². The molecule has 5 heteroatoms. The van der Waals surface area contributed by atoms with Crippen molar-refractivity contribution in [3.63, 3.8) is 0 Å². The number of aliphatic hydroxyl groups is 1. The van der Waals surface area contributed by atoms with Crippen LogP contribution in [0.4, 0.5) is 0 Å². The molecule has 2 unspecified atom stereocenters. The lowest BCUT2D eigenvalue weighted by molar-refractivity contribution is -0.202. The Bertz CT molecular complexity index is 342. The van der Waals surface area contributed by atoms with Gasteiger partial charge in [0.2, 0.25) is 0 Å². The third kappa shape index (κ3) is 2.13. The molecule has 0 aromatic rings. The normalized spacial score (nSPS) is 56.0. The Kier molecular flexibility index (Phi) is 2.66. The lowest BCUT2D eigenvalue weighted by Crippen LogP contribution is -2.69. The second-order valence-corrected chi connectivity index (χ2v) is 10.9. The average molecular weight is 462 g/mol. The number of ether oxygens (including phenoxy) is 1. The van der Waals surface area contributed by atoms with E-state index in [0.717, 1.165) is 32.1 Å². The van der Waals surface area contributed by atoms with Crippen LogP contribution in [-0.2, 0) is 9.53 Å². The van der Waals surface area contributed by atoms with Crippen molar-refractivity contribution < 1.29 is 14.6 Å². The molecule has 17 heavy (non-hydrogen) atoms. The molecule has 0 aromatic carbocycles. The first-order valence-electron chi connectivity index (χ1n) is 5.96. The first kappa shape index (κ1) is 12.9. The minimum atomic E-state index is -0.618. The molecule has 0 amide bonds. The van der Waals surface area contributed by atoms with Crippen LogP contribution in [0.25, 0.3) is 0 Å². The molecule has 4 rings (SSSR count). The zero-order valence-corrected chi connectivity index (χ0v) is 14.1. The summed E-state index contributed by atoms with van der Waals surface area (Å²) in [5.74, 6) is -0.212. The number of rotatable bonds is 1. The molecule has 96 valence electrons. The van der Waals surface area contributed by atoms with Crippen LogP contribution in [0.3, 0.4) is 0 Å². The second-order valence-electron chi connectivity index (χ2n) is 6.36. The summed E-state index contributed by atoms with van der Waals surface area (Å²) < 4.78 is 5.86. The molecule has 4 bridgehead atoms. The van der Waals surface area contributed by atoms with E-state index in [4.69, 9.17) is 4.74 Å². The number of hydrogen-bond donors (Lipinski definition) is 1. The predicted octanol–water partition coefficient (Wildman–Crippen LogP) is 2.75. The van der Waals surface area contributed by atoms with E-state index in [1.165, 1.54) is 6.92 Å². The van der Waals surface area contributed by atoms with Crippen LogP contribution in [-0.4, -0.2) is 29.1 Å². The summed E-state index contributed by atoms with van der Waals surface area (Å²) in [5.41, 5.74) is -1.02. The predicted molar refractivity (Wildman–Crippen MR) is 80.7 cm³/mol. The highest BCUT2D eigenvalue weighted by molar-refractivity contribution is 14.1. The third-order valence-electron chi connectivity index (χ3n) is 4.21. The number of hydrogen-bond acceptors (Lipinski definition) is 3. The molecule has 0 aliphatic heterocycles. The lowest BCUT2D eigenvalue weighted by atomic mass is 9.52. The molecular formula is C12H16I2O3. The number of carbonyl (C=O) groups excluding carboxylic acids is 1. The van der Waals surface area contributed by atoms with Gasteiger partial charge in [0.1, 0.15) is 5.60 Å². The van der Waals surface area contributed by atoms with E-state index < -0.39 is 11.2 Å². The smallest absolute Gasteiger partial charge is 0.303 e. The summed E-state index contributed by atoms with van der Waals surface area (Å²) >= 11 is 4.97.